The van der Waals surface area contributed by atoms with Crippen LogP contribution in [0.2, 0.25) is 0 Å². The van der Waals surface area contributed by atoms with Gasteiger partial charge in [-0.1, -0.05) is 0 Å². The molecule has 0 aliphatic heterocycles. The number of aryl methyl sites for hydroxylation is 1. The third-order valence-electron chi connectivity index (χ3n) is 2.90. The van der Waals surface area contributed by atoms with Gasteiger partial charge >= 0.3 is 0 Å². The highest BCUT2D eigenvalue weighted by Gasteiger charge is 2.13. The lowest BCUT2D eigenvalue weighted by Gasteiger charge is -2.06. The van der Waals surface area contributed by atoms with Crippen LogP contribution in [0.4, 0.5) is 0 Å². The van der Waals surface area contributed by atoms with Crippen molar-refractivity contribution in [3.63, 3.8) is 0 Å². The minimum Gasteiger partial charge on any atom is -0.550 e. The Bertz CT molecular complexity index is 644. The molecule has 0 spiro atoms. The van der Waals surface area contributed by atoms with Gasteiger partial charge in [0.1, 0.15) is 5.75 Å². The summed E-state index contributed by atoms with van der Waals surface area (Å²) in [7, 11) is 1.49. The molecular weight excluding hydrogens is 250 g/mol. The molecule has 1 heterocycles. The van der Waals surface area contributed by atoms with E-state index in [4.69, 9.17) is 4.74 Å². The van der Waals surface area contributed by atoms with Crippen LogP contribution in [0.1, 0.15) is 22.5 Å². The SMILES string of the molecule is COc1ccc2[nH]c(C(=O)[O-])c(CCC(=O)[O-])c2c1. The Kier molecular flexibility index (Phi) is 3.41. The number of aromatic amines is 1. The van der Waals surface area contributed by atoms with E-state index in [-0.39, 0.29) is 18.5 Å². The van der Waals surface area contributed by atoms with E-state index in [2.05, 4.69) is 4.98 Å². The van der Waals surface area contributed by atoms with Crippen molar-refractivity contribution < 1.29 is 24.5 Å². The Hall–Kier alpha value is -2.50. The van der Waals surface area contributed by atoms with Gasteiger partial charge in [-0.3, -0.25) is 0 Å². The van der Waals surface area contributed by atoms with Crippen LogP contribution in [0.25, 0.3) is 10.9 Å². The van der Waals surface area contributed by atoms with Crippen LogP contribution >= 0.6 is 0 Å². The molecule has 6 heteroatoms. The largest absolute Gasteiger partial charge is 0.550 e. The highest BCUT2D eigenvalue weighted by Crippen LogP contribution is 2.27. The number of fused-ring (bicyclic) bond motifs is 1. The molecule has 0 amide bonds. The van der Waals surface area contributed by atoms with Gasteiger partial charge in [-0.05, 0) is 36.6 Å². The molecule has 1 aromatic carbocycles. The molecule has 1 N–H and O–H groups in total. The molecule has 0 unspecified atom stereocenters. The highest BCUT2D eigenvalue weighted by atomic mass is 16.5. The topological polar surface area (TPSA) is 105 Å². The summed E-state index contributed by atoms with van der Waals surface area (Å²) in [5.41, 5.74) is 0.871. The summed E-state index contributed by atoms with van der Waals surface area (Å²) in [5, 5.41) is 22.2. The summed E-state index contributed by atoms with van der Waals surface area (Å²) in [5.74, 6) is -2.05. The number of aromatic carboxylic acids is 1. The number of hydrogen-bond acceptors (Lipinski definition) is 5. The molecule has 0 aliphatic rings. The number of nitrogens with one attached hydrogen (secondary N) is 1. The molecule has 0 saturated carbocycles. The van der Waals surface area contributed by atoms with E-state index in [0.717, 1.165) is 0 Å². The Morgan fingerprint density at radius 2 is 2.05 bits per heavy atom. The molecule has 1 aromatic heterocycles. The van der Waals surface area contributed by atoms with Crippen LogP contribution in [0, 0.1) is 0 Å². The number of aliphatic carboxylic acids is 1. The second-order valence-electron chi connectivity index (χ2n) is 4.05. The van der Waals surface area contributed by atoms with E-state index in [1.165, 1.54) is 7.11 Å². The number of methoxy groups -OCH3 is 1. The third kappa shape index (κ3) is 2.52. The number of hydrogen-bond donors (Lipinski definition) is 1. The van der Waals surface area contributed by atoms with Crippen LogP contribution in [0.5, 0.6) is 5.75 Å². The summed E-state index contributed by atoms with van der Waals surface area (Å²) in [6, 6.07) is 5.01. The number of carbonyl (C=O) groups excluding carboxylic acids is 2. The third-order valence-corrected chi connectivity index (χ3v) is 2.90. The summed E-state index contributed by atoms with van der Waals surface area (Å²) in [6.07, 6.45) is -0.205. The van der Waals surface area contributed by atoms with Crippen molar-refractivity contribution in [2.45, 2.75) is 12.8 Å². The summed E-state index contributed by atoms with van der Waals surface area (Å²) in [4.78, 5) is 24.3. The number of H-pyrrole nitrogens is 1. The van der Waals surface area contributed by atoms with Crippen LogP contribution < -0.4 is 14.9 Å². The van der Waals surface area contributed by atoms with E-state index in [0.29, 0.717) is 22.2 Å². The summed E-state index contributed by atoms with van der Waals surface area (Å²) >= 11 is 0. The zero-order chi connectivity index (χ0) is 14.0. The molecule has 0 aliphatic carbocycles. The Morgan fingerprint density at radius 1 is 1.32 bits per heavy atom. The molecule has 0 bridgehead atoms. The lowest BCUT2D eigenvalue weighted by molar-refractivity contribution is -0.305. The zero-order valence-electron chi connectivity index (χ0n) is 10.2. The average Bonchev–Trinajstić information content (AvgIpc) is 2.74. The van der Waals surface area contributed by atoms with Gasteiger partial charge in [0.05, 0.1) is 18.8 Å². The lowest BCUT2D eigenvalue weighted by Crippen LogP contribution is -2.25. The molecule has 0 radical (unpaired) electrons. The van der Waals surface area contributed by atoms with Crippen LogP contribution in [-0.2, 0) is 11.2 Å². The van der Waals surface area contributed by atoms with Crippen molar-refractivity contribution >= 4 is 22.8 Å². The van der Waals surface area contributed by atoms with Crippen molar-refractivity contribution in [2.24, 2.45) is 0 Å². The lowest BCUT2D eigenvalue weighted by atomic mass is 10.1. The minimum absolute atomic E-state index is 0.0544. The normalized spacial score (nSPS) is 10.6. The van der Waals surface area contributed by atoms with Crippen molar-refractivity contribution in [1.29, 1.82) is 0 Å². The summed E-state index contributed by atoms with van der Waals surface area (Å²) < 4.78 is 5.07. The summed E-state index contributed by atoms with van der Waals surface area (Å²) in [6.45, 7) is 0. The maximum Gasteiger partial charge on any atom is 0.119 e. The fourth-order valence-corrected chi connectivity index (χ4v) is 2.01. The van der Waals surface area contributed by atoms with E-state index >= 15 is 0 Å². The molecule has 2 rings (SSSR count). The van der Waals surface area contributed by atoms with Gasteiger partial charge in [0.15, 0.2) is 0 Å². The predicted molar refractivity (Wildman–Crippen MR) is 62.5 cm³/mol. The number of ether oxygens (including phenoxy) is 1. The smallest absolute Gasteiger partial charge is 0.119 e. The molecule has 0 atom stereocenters. The Balaban J connectivity index is 2.56. The van der Waals surface area contributed by atoms with Gasteiger partial charge in [-0.2, -0.15) is 0 Å². The average molecular weight is 261 g/mol. The highest BCUT2D eigenvalue weighted by molar-refractivity contribution is 5.97. The number of rotatable bonds is 5. The molecule has 0 saturated heterocycles. The first-order chi connectivity index (χ1) is 9.02. The molecule has 100 valence electrons. The number of carbonyl (C=O) groups is 2. The van der Waals surface area contributed by atoms with E-state index in [1.807, 2.05) is 0 Å². The zero-order valence-corrected chi connectivity index (χ0v) is 10.2. The quantitative estimate of drug-likeness (QED) is 0.760. The Morgan fingerprint density at radius 3 is 2.63 bits per heavy atom. The molecule has 6 nitrogen and oxygen atoms in total. The van der Waals surface area contributed by atoms with Crippen molar-refractivity contribution in [3.05, 3.63) is 29.5 Å². The number of aromatic nitrogens is 1. The number of carboxylic acids is 2. The number of benzene rings is 1. The van der Waals surface area contributed by atoms with Crippen LogP contribution in [0.15, 0.2) is 18.2 Å². The standard InChI is InChI=1S/C13H13NO5/c1-19-7-2-4-10-9(6-7)8(3-5-11(15)16)12(14-10)13(17)18/h2,4,6,14H,3,5H2,1H3,(H,15,16)(H,17,18)/p-2. The van der Waals surface area contributed by atoms with Crippen LogP contribution in [-0.4, -0.2) is 24.0 Å². The molecular formula is C13H11NO5-2. The second-order valence-corrected chi connectivity index (χ2v) is 4.05. The molecule has 2 aromatic rings. The van der Waals surface area contributed by atoms with E-state index in [9.17, 15) is 19.8 Å². The molecule has 0 fully saturated rings. The first kappa shape index (κ1) is 12.9. The fraction of sp³-hybridized carbons (Fsp3) is 0.231. The first-order valence-electron chi connectivity index (χ1n) is 5.62. The Labute approximate surface area is 108 Å². The van der Waals surface area contributed by atoms with E-state index in [1.54, 1.807) is 18.2 Å². The van der Waals surface area contributed by atoms with Crippen LogP contribution in [0.3, 0.4) is 0 Å². The first-order valence-corrected chi connectivity index (χ1v) is 5.62. The number of carboxylic acid groups (broad SMARTS) is 2. The van der Waals surface area contributed by atoms with Gasteiger partial charge in [0.2, 0.25) is 0 Å². The van der Waals surface area contributed by atoms with Gasteiger partial charge < -0.3 is 29.5 Å². The predicted octanol–water partition coefficient (Wildman–Crippen LogP) is -0.778. The second kappa shape index (κ2) is 5.01. The van der Waals surface area contributed by atoms with Gasteiger partial charge in [0, 0.05) is 16.9 Å². The van der Waals surface area contributed by atoms with Crippen molar-refractivity contribution in [2.75, 3.05) is 7.11 Å². The van der Waals surface area contributed by atoms with Gasteiger partial charge in [-0.15, -0.1) is 0 Å². The fourth-order valence-electron chi connectivity index (χ4n) is 2.01. The van der Waals surface area contributed by atoms with Crippen molar-refractivity contribution in [1.82, 2.24) is 4.98 Å². The maximum atomic E-state index is 11.1. The van der Waals surface area contributed by atoms with E-state index < -0.39 is 11.9 Å². The van der Waals surface area contributed by atoms with Gasteiger partial charge in [0.25, 0.3) is 0 Å². The van der Waals surface area contributed by atoms with Crippen molar-refractivity contribution in [3.8, 4) is 5.75 Å². The van der Waals surface area contributed by atoms with Gasteiger partial charge in [-0.25, -0.2) is 0 Å². The monoisotopic (exact) mass is 261 g/mol. The maximum absolute atomic E-state index is 11.1. The molecule has 19 heavy (non-hydrogen) atoms. The minimum atomic E-state index is -1.37.